The molecule has 4 rings (SSSR count). The predicted octanol–water partition coefficient (Wildman–Crippen LogP) is 6.49. The molecule has 1 N–H and O–H groups in total. The Hall–Kier alpha value is -3.30. The third-order valence-electron chi connectivity index (χ3n) is 4.64. The molecule has 4 nitrogen and oxygen atoms in total. The van der Waals surface area contributed by atoms with Crippen molar-refractivity contribution in [3.8, 4) is 0 Å². The number of halogens is 5. The number of imide groups is 1. The Kier molecular flexibility index (Phi) is 6.18. The third-order valence-corrected chi connectivity index (χ3v) is 5.98. The van der Waals surface area contributed by atoms with Crippen molar-refractivity contribution in [3.05, 3.63) is 99.8 Å². The Morgan fingerprint density at radius 2 is 1.58 bits per heavy atom. The van der Waals surface area contributed by atoms with Crippen molar-refractivity contribution in [2.75, 3.05) is 10.2 Å². The molecule has 0 radical (unpaired) electrons. The maximum absolute atomic E-state index is 14.2. The molecule has 0 saturated heterocycles. The van der Waals surface area contributed by atoms with Crippen LogP contribution in [0.5, 0.6) is 0 Å². The largest absolute Gasteiger partial charge is 0.416 e. The molecule has 0 aromatic heterocycles. The molecule has 0 spiro atoms. The van der Waals surface area contributed by atoms with Crippen molar-refractivity contribution in [3.63, 3.8) is 0 Å². The number of anilines is 2. The van der Waals surface area contributed by atoms with E-state index in [0.29, 0.717) is 20.9 Å². The number of carbonyl (C=O) groups excluding carboxylic acids is 2. The minimum atomic E-state index is -4.66. The lowest BCUT2D eigenvalue weighted by Gasteiger charge is -2.17. The summed E-state index contributed by atoms with van der Waals surface area (Å²) in [6.07, 6.45) is -4.66. The number of rotatable bonds is 5. The molecule has 1 aliphatic heterocycles. The lowest BCUT2D eigenvalue weighted by atomic mass is 10.2. The SMILES string of the molecule is O=C1C(Nc2ccccc2F)=C(Sc2ccc(Cl)cc2)C(=O)N1c1cccc(C(F)(F)F)c1. The van der Waals surface area contributed by atoms with Crippen LogP contribution in [0.15, 0.2) is 88.3 Å². The fourth-order valence-corrected chi connectivity index (χ4v) is 4.14. The Balaban J connectivity index is 1.77. The van der Waals surface area contributed by atoms with Crippen molar-refractivity contribution in [1.29, 1.82) is 0 Å². The summed E-state index contributed by atoms with van der Waals surface area (Å²) in [5, 5.41) is 3.10. The van der Waals surface area contributed by atoms with E-state index in [1.54, 1.807) is 24.3 Å². The Labute approximate surface area is 194 Å². The van der Waals surface area contributed by atoms with Crippen LogP contribution in [-0.4, -0.2) is 11.8 Å². The van der Waals surface area contributed by atoms with Gasteiger partial charge in [0.15, 0.2) is 0 Å². The van der Waals surface area contributed by atoms with Gasteiger partial charge in [0.1, 0.15) is 16.4 Å². The Bertz CT molecular complexity index is 1280. The highest BCUT2D eigenvalue weighted by Crippen LogP contribution is 2.39. The van der Waals surface area contributed by atoms with Crippen LogP contribution in [0.2, 0.25) is 5.02 Å². The van der Waals surface area contributed by atoms with E-state index in [-0.39, 0.29) is 22.0 Å². The van der Waals surface area contributed by atoms with Crippen LogP contribution in [0.1, 0.15) is 5.56 Å². The molecule has 168 valence electrons. The fraction of sp³-hybridized carbons (Fsp3) is 0.0435. The lowest BCUT2D eigenvalue weighted by molar-refractivity contribution is -0.137. The van der Waals surface area contributed by atoms with Gasteiger partial charge in [-0.3, -0.25) is 9.59 Å². The first kappa shape index (κ1) is 22.9. The monoisotopic (exact) mass is 492 g/mol. The summed E-state index contributed by atoms with van der Waals surface area (Å²) in [6, 6.07) is 15.8. The summed E-state index contributed by atoms with van der Waals surface area (Å²) in [7, 11) is 0. The number of hydrogen-bond acceptors (Lipinski definition) is 4. The van der Waals surface area contributed by atoms with Crippen molar-refractivity contribution >= 4 is 46.6 Å². The predicted molar refractivity (Wildman–Crippen MR) is 118 cm³/mol. The molecule has 2 amide bonds. The first-order chi connectivity index (χ1) is 15.6. The van der Waals surface area contributed by atoms with Crippen molar-refractivity contribution < 1.29 is 27.2 Å². The van der Waals surface area contributed by atoms with Gasteiger partial charge in [0, 0.05) is 9.92 Å². The zero-order valence-corrected chi connectivity index (χ0v) is 18.1. The molecule has 3 aromatic rings. The van der Waals surface area contributed by atoms with Crippen molar-refractivity contribution in [2.45, 2.75) is 11.1 Å². The Morgan fingerprint density at radius 1 is 0.879 bits per heavy atom. The van der Waals surface area contributed by atoms with Crippen molar-refractivity contribution in [1.82, 2.24) is 0 Å². The minimum absolute atomic E-state index is 0.0613. The molecular weight excluding hydrogens is 480 g/mol. The van der Waals surface area contributed by atoms with E-state index in [9.17, 15) is 27.2 Å². The number of alkyl halides is 3. The van der Waals surface area contributed by atoms with E-state index >= 15 is 0 Å². The second kappa shape index (κ2) is 8.92. The van der Waals surface area contributed by atoms with Crippen LogP contribution in [0, 0.1) is 5.82 Å². The highest BCUT2D eigenvalue weighted by molar-refractivity contribution is 8.04. The van der Waals surface area contributed by atoms with Gasteiger partial charge in [0.05, 0.1) is 16.9 Å². The van der Waals surface area contributed by atoms with Gasteiger partial charge in [-0.15, -0.1) is 0 Å². The number of thioether (sulfide) groups is 1. The van der Waals surface area contributed by atoms with E-state index in [2.05, 4.69) is 5.32 Å². The summed E-state index contributed by atoms with van der Waals surface area (Å²) in [4.78, 5) is 27.5. The van der Waals surface area contributed by atoms with Gasteiger partial charge < -0.3 is 5.32 Å². The van der Waals surface area contributed by atoms with Gasteiger partial charge in [0.2, 0.25) is 0 Å². The maximum Gasteiger partial charge on any atom is 0.416 e. The van der Waals surface area contributed by atoms with Crippen LogP contribution in [-0.2, 0) is 15.8 Å². The van der Waals surface area contributed by atoms with Crippen molar-refractivity contribution in [2.24, 2.45) is 0 Å². The van der Waals surface area contributed by atoms with Gasteiger partial charge in [-0.25, -0.2) is 9.29 Å². The van der Waals surface area contributed by atoms with Gasteiger partial charge >= 0.3 is 6.18 Å². The molecule has 33 heavy (non-hydrogen) atoms. The summed E-state index contributed by atoms with van der Waals surface area (Å²) >= 11 is 6.81. The Morgan fingerprint density at radius 3 is 2.24 bits per heavy atom. The first-order valence-corrected chi connectivity index (χ1v) is 10.6. The smallest absolute Gasteiger partial charge is 0.348 e. The topological polar surface area (TPSA) is 49.4 Å². The molecule has 10 heteroatoms. The van der Waals surface area contributed by atoms with Crippen LogP contribution < -0.4 is 10.2 Å². The number of nitrogens with zero attached hydrogens (tertiary/aromatic N) is 1. The van der Waals surface area contributed by atoms with E-state index in [1.807, 2.05) is 0 Å². The second-order valence-electron chi connectivity index (χ2n) is 6.86. The maximum atomic E-state index is 14.2. The third kappa shape index (κ3) is 4.74. The summed E-state index contributed by atoms with van der Waals surface area (Å²) in [5.41, 5.74) is -1.57. The molecule has 0 aliphatic carbocycles. The summed E-state index contributed by atoms with van der Waals surface area (Å²) < 4.78 is 53.8. The van der Waals surface area contributed by atoms with E-state index in [0.717, 1.165) is 23.9 Å². The summed E-state index contributed by atoms with van der Waals surface area (Å²) in [6.45, 7) is 0. The van der Waals surface area contributed by atoms with Crippen LogP contribution in [0.25, 0.3) is 0 Å². The van der Waals surface area contributed by atoms with Crippen LogP contribution in [0.3, 0.4) is 0 Å². The summed E-state index contributed by atoms with van der Waals surface area (Å²) in [5.74, 6) is -2.41. The van der Waals surface area contributed by atoms with Gasteiger partial charge in [-0.1, -0.05) is 41.6 Å². The van der Waals surface area contributed by atoms with E-state index in [4.69, 9.17) is 11.6 Å². The highest BCUT2D eigenvalue weighted by Gasteiger charge is 2.41. The first-order valence-electron chi connectivity index (χ1n) is 9.40. The molecule has 0 bridgehead atoms. The molecular formula is C23H13ClF4N2O2S. The molecule has 0 fully saturated rings. The number of para-hydroxylation sites is 1. The lowest BCUT2D eigenvalue weighted by Crippen LogP contribution is -2.32. The van der Waals surface area contributed by atoms with Gasteiger partial charge in [-0.05, 0) is 54.6 Å². The zero-order valence-electron chi connectivity index (χ0n) is 16.5. The standard InChI is InChI=1S/C23H13ClF4N2O2S/c24-14-8-10-16(11-9-14)33-20-19(29-18-7-2-1-6-17(18)25)21(31)30(22(20)32)15-5-3-4-13(12-15)23(26,27)28/h1-12,29H. The average molecular weight is 493 g/mol. The van der Waals surface area contributed by atoms with Crippen LogP contribution in [0.4, 0.5) is 28.9 Å². The fourth-order valence-electron chi connectivity index (χ4n) is 3.09. The molecule has 0 saturated carbocycles. The van der Waals surface area contributed by atoms with Gasteiger partial charge in [-0.2, -0.15) is 13.2 Å². The number of nitrogens with one attached hydrogen (secondary N) is 1. The number of benzene rings is 3. The van der Waals surface area contributed by atoms with E-state index in [1.165, 1.54) is 30.3 Å². The van der Waals surface area contributed by atoms with Gasteiger partial charge in [0.25, 0.3) is 11.8 Å². The highest BCUT2D eigenvalue weighted by atomic mass is 35.5. The molecule has 3 aromatic carbocycles. The van der Waals surface area contributed by atoms with E-state index < -0.39 is 29.4 Å². The normalized spacial score (nSPS) is 14.3. The second-order valence-corrected chi connectivity index (χ2v) is 8.38. The number of carbonyl (C=O) groups is 2. The number of amides is 2. The molecule has 0 atom stereocenters. The van der Waals surface area contributed by atoms with Crippen LogP contribution >= 0.6 is 23.4 Å². The molecule has 1 aliphatic rings. The molecule has 0 unspecified atom stereocenters. The quantitative estimate of drug-likeness (QED) is 0.327. The zero-order chi connectivity index (χ0) is 23.8. The molecule has 1 heterocycles. The minimum Gasteiger partial charge on any atom is -0.348 e. The average Bonchev–Trinajstić information content (AvgIpc) is 3.00. The number of hydrogen-bond donors (Lipinski definition) is 1.